The lowest BCUT2D eigenvalue weighted by molar-refractivity contribution is 0.0981. The van der Waals surface area contributed by atoms with E-state index in [1.165, 1.54) is 11.3 Å². The van der Waals surface area contributed by atoms with Crippen LogP contribution < -0.4 is 4.74 Å². The quantitative estimate of drug-likeness (QED) is 0.936. The smallest absolute Gasteiger partial charge is 0.119 e. The van der Waals surface area contributed by atoms with Crippen LogP contribution in [0.25, 0.3) is 0 Å². The van der Waals surface area contributed by atoms with Crippen molar-refractivity contribution in [3.63, 3.8) is 0 Å². The first-order valence-electron chi connectivity index (χ1n) is 7.47. The Morgan fingerprint density at radius 2 is 2.14 bits per heavy atom. The zero-order valence-corrected chi connectivity index (χ0v) is 13.0. The van der Waals surface area contributed by atoms with Crippen LogP contribution >= 0.6 is 0 Å². The molecule has 1 aromatic heterocycles. The number of aromatic nitrogens is 1. The lowest BCUT2D eigenvalue weighted by atomic mass is 9.75. The van der Waals surface area contributed by atoms with E-state index in [9.17, 15) is 5.11 Å². The third-order valence-electron chi connectivity index (χ3n) is 4.35. The Bertz CT molecular complexity index is 642. The summed E-state index contributed by atoms with van der Waals surface area (Å²) in [5.74, 6) is 0.883. The molecule has 0 radical (unpaired) electrons. The van der Waals surface area contributed by atoms with Gasteiger partial charge in [0.1, 0.15) is 5.75 Å². The van der Waals surface area contributed by atoms with Crippen molar-refractivity contribution in [3.05, 3.63) is 53.3 Å². The van der Waals surface area contributed by atoms with Crippen LogP contribution in [0.2, 0.25) is 0 Å². The van der Waals surface area contributed by atoms with Crippen molar-refractivity contribution in [2.75, 3.05) is 7.11 Å². The molecule has 112 valence electrons. The van der Waals surface area contributed by atoms with Gasteiger partial charge in [0.05, 0.1) is 13.2 Å². The maximum absolute atomic E-state index is 10.3. The van der Waals surface area contributed by atoms with E-state index in [0.29, 0.717) is 0 Å². The van der Waals surface area contributed by atoms with Gasteiger partial charge in [-0.15, -0.1) is 0 Å². The molecule has 1 unspecified atom stereocenters. The summed E-state index contributed by atoms with van der Waals surface area (Å²) in [4.78, 5) is 0. The summed E-state index contributed by atoms with van der Waals surface area (Å²) in [7, 11) is 1.69. The van der Waals surface area contributed by atoms with E-state index in [0.717, 1.165) is 30.7 Å². The van der Waals surface area contributed by atoms with E-state index in [2.05, 4.69) is 42.8 Å². The van der Waals surface area contributed by atoms with E-state index >= 15 is 0 Å². The van der Waals surface area contributed by atoms with Gasteiger partial charge in [-0.1, -0.05) is 26.0 Å². The minimum atomic E-state index is -0.338. The summed E-state index contributed by atoms with van der Waals surface area (Å²) < 4.78 is 7.55. The maximum Gasteiger partial charge on any atom is 0.119 e. The van der Waals surface area contributed by atoms with E-state index in [-0.39, 0.29) is 11.5 Å². The Balaban J connectivity index is 1.91. The van der Waals surface area contributed by atoms with Gasteiger partial charge >= 0.3 is 0 Å². The molecule has 0 fully saturated rings. The molecule has 21 heavy (non-hydrogen) atoms. The monoisotopic (exact) mass is 285 g/mol. The average Bonchev–Trinajstić information content (AvgIpc) is 2.81. The summed E-state index contributed by atoms with van der Waals surface area (Å²) in [5.41, 5.74) is 3.72. The topological polar surface area (TPSA) is 34.4 Å². The molecule has 1 aliphatic rings. The van der Waals surface area contributed by atoms with Crippen LogP contribution in [0.1, 0.15) is 43.2 Å². The minimum absolute atomic E-state index is 0.150. The van der Waals surface area contributed by atoms with Crippen molar-refractivity contribution in [1.29, 1.82) is 0 Å². The van der Waals surface area contributed by atoms with E-state index in [4.69, 9.17) is 4.74 Å². The Morgan fingerprint density at radius 1 is 1.33 bits per heavy atom. The van der Waals surface area contributed by atoms with E-state index < -0.39 is 0 Å². The molecule has 1 aliphatic carbocycles. The van der Waals surface area contributed by atoms with Gasteiger partial charge in [-0.2, -0.15) is 0 Å². The van der Waals surface area contributed by atoms with Gasteiger partial charge in [0.15, 0.2) is 0 Å². The van der Waals surface area contributed by atoms with Crippen LogP contribution in [0, 0.1) is 5.41 Å². The molecule has 0 bridgehead atoms. The fourth-order valence-corrected chi connectivity index (χ4v) is 3.30. The van der Waals surface area contributed by atoms with Crippen LogP contribution in [-0.4, -0.2) is 16.8 Å². The van der Waals surface area contributed by atoms with Gasteiger partial charge in [0.25, 0.3) is 0 Å². The van der Waals surface area contributed by atoms with Crippen molar-refractivity contribution in [2.45, 2.75) is 39.3 Å². The first kappa shape index (κ1) is 14.2. The molecular weight excluding hydrogens is 262 g/mol. The number of hydrogen-bond donors (Lipinski definition) is 1. The molecule has 0 spiro atoms. The second-order valence-electron chi connectivity index (χ2n) is 6.76. The molecule has 1 heterocycles. The van der Waals surface area contributed by atoms with Crippen molar-refractivity contribution < 1.29 is 9.84 Å². The van der Waals surface area contributed by atoms with Gasteiger partial charge in [0, 0.05) is 24.0 Å². The summed E-state index contributed by atoms with van der Waals surface area (Å²) in [6.45, 7) is 5.26. The lowest BCUT2D eigenvalue weighted by Crippen LogP contribution is -2.26. The number of rotatable bonds is 3. The number of methoxy groups -OCH3 is 1. The standard InChI is InChI=1S/C18H23NO2/c1-18(2)10-16-15(17(20)11-18)7-8-19(16)12-13-5-4-6-14(9-13)21-3/h4-9,17,20H,10-12H2,1-3H3. The molecule has 3 rings (SSSR count). The molecule has 0 amide bonds. The third-order valence-corrected chi connectivity index (χ3v) is 4.35. The molecule has 1 N–H and O–H groups in total. The summed E-state index contributed by atoms with van der Waals surface area (Å²) in [5, 5.41) is 10.3. The Kier molecular flexibility index (Phi) is 3.54. The van der Waals surface area contributed by atoms with Crippen LogP contribution in [0.5, 0.6) is 5.75 Å². The second-order valence-corrected chi connectivity index (χ2v) is 6.76. The highest BCUT2D eigenvalue weighted by atomic mass is 16.5. The summed E-state index contributed by atoms with van der Waals surface area (Å²) in [6, 6.07) is 10.2. The number of hydrogen-bond acceptors (Lipinski definition) is 2. The second kappa shape index (κ2) is 5.23. The maximum atomic E-state index is 10.3. The predicted octanol–water partition coefficient (Wildman–Crippen LogP) is 3.55. The Hall–Kier alpha value is -1.74. The highest BCUT2D eigenvalue weighted by Crippen LogP contribution is 2.41. The molecule has 1 aromatic carbocycles. The summed E-state index contributed by atoms with van der Waals surface area (Å²) >= 11 is 0. The Morgan fingerprint density at radius 3 is 2.90 bits per heavy atom. The van der Waals surface area contributed by atoms with Crippen molar-refractivity contribution in [1.82, 2.24) is 4.57 Å². The normalized spacial score (nSPS) is 20.1. The molecule has 1 atom stereocenters. The number of ether oxygens (including phenoxy) is 1. The van der Waals surface area contributed by atoms with Gasteiger partial charge < -0.3 is 14.4 Å². The first-order valence-corrected chi connectivity index (χ1v) is 7.47. The molecular formula is C18H23NO2. The Labute approximate surface area is 126 Å². The minimum Gasteiger partial charge on any atom is -0.497 e. The fraction of sp³-hybridized carbons (Fsp3) is 0.444. The molecule has 0 saturated heterocycles. The van der Waals surface area contributed by atoms with E-state index in [1.807, 2.05) is 12.1 Å². The van der Waals surface area contributed by atoms with Gasteiger partial charge in [-0.3, -0.25) is 0 Å². The van der Waals surface area contributed by atoms with Crippen molar-refractivity contribution in [3.8, 4) is 5.75 Å². The zero-order chi connectivity index (χ0) is 15.0. The van der Waals surface area contributed by atoms with Crippen LogP contribution in [-0.2, 0) is 13.0 Å². The molecule has 2 aromatic rings. The highest BCUT2D eigenvalue weighted by Gasteiger charge is 2.33. The molecule has 3 heteroatoms. The number of benzene rings is 1. The lowest BCUT2D eigenvalue weighted by Gasteiger charge is -2.34. The van der Waals surface area contributed by atoms with Gasteiger partial charge in [-0.05, 0) is 42.0 Å². The first-order chi connectivity index (χ1) is 9.98. The zero-order valence-electron chi connectivity index (χ0n) is 13.0. The van der Waals surface area contributed by atoms with Gasteiger partial charge in [-0.25, -0.2) is 0 Å². The molecule has 0 saturated carbocycles. The number of aliphatic hydroxyl groups is 1. The SMILES string of the molecule is COc1cccc(Cn2ccc3c2CC(C)(C)CC3O)c1. The third kappa shape index (κ3) is 2.84. The molecule has 3 nitrogen and oxygen atoms in total. The number of aliphatic hydroxyl groups excluding tert-OH is 1. The molecule has 0 aliphatic heterocycles. The predicted molar refractivity (Wildman–Crippen MR) is 83.6 cm³/mol. The van der Waals surface area contributed by atoms with Crippen LogP contribution in [0.4, 0.5) is 0 Å². The van der Waals surface area contributed by atoms with Crippen LogP contribution in [0.3, 0.4) is 0 Å². The average molecular weight is 285 g/mol. The van der Waals surface area contributed by atoms with E-state index in [1.54, 1.807) is 7.11 Å². The highest BCUT2D eigenvalue weighted by molar-refractivity contribution is 5.32. The van der Waals surface area contributed by atoms with Crippen molar-refractivity contribution >= 4 is 0 Å². The summed E-state index contributed by atoms with van der Waals surface area (Å²) in [6.07, 6.45) is 3.60. The van der Waals surface area contributed by atoms with Gasteiger partial charge in [0.2, 0.25) is 0 Å². The number of fused-ring (bicyclic) bond motifs is 1. The van der Waals surface area contributed by atoms with Crippen molar-refractivity contribution in [2.24, 2.45) is 5.41 Å². The van der Waals surface area contributed by atoms with Crippen LogP contribution in [0.15, 0.2) is 36.5 Å². The fourth-order valence-electron chi connectivity index (χ4n) is 3.30. The largest absolute Gasteiger partial charge is 0.497 e. The number of nitrogens with zero attached hydrogens (tertiary/aromatic N) is 1.